The van der Waals surface area contributed by atoms with E-state index >= 15 is 0 Å². The topological polar surface area (TPSA) is 183 Å². The number of aromatic amines is 2. The van der Waals surface area contributed by atoms with Gasteiger partial charge < -0.3 is 39.5 Å². The van der Waals surface area contributed by atoms with Crippen molar-refractivity contribution in [1.29, 1.82) is 0 Å². The number of rotatable bonds is 3. The molecule has 19 heteroatoms. The molecule has 63 heavy (non-hydrogen) atoms. The van der Waals surface area contributed by atoms with E-state index in [1.807, 2.05) is 30.6 Å². The summed E-state index contributed by atoms with van der Waals surface area (Å²) < 4.78 is 10.8. The van der Waals surface area contributed by atoms with E-state index in [2.05, 4.69) is 74.9 Å². The SMILES string of the molecule is COC(=O)N1CCCC(c2ncnc3c2CN(c2cc(Cl)nc4[nH]ccc24)[C@H](C)C3)C1.COC(=O)N1CCCC(c2ncnc3c2CN[C@H](C)C3)C1.Clc1cc(Br)c2cc[nH]c2n1. The second-order valence-electron chi connectivity index (χ2n) is 16.4. The molecular weight excluding hydrogens is 911 g/mol. The fourth-order valence-corrected chi connectivity index (χ4v) is 10.3. The number of nitrogens with zero attached hydrogens (tertiary/aromatic N) is 9. The second-order valence-corrected chi connectivity index (χ2v) is 18.0. The molecule has 0 radical (unpaired) electrons. The van der Waals surface area contributed by atoms with Crippen LogP contribution < -0.4 is 10.2 Å². The standard InChI is InChI=1S/C22H25ClN6O2.C15H22N4O2.C7H4BrClN2/c1-13-8-17-16(11-29(13)18-9-19(23)27-21-15(18)5-6-24-21)20(26-12-25-17)14-4-3-7-28(10-14)22(30)31-2;1-10-6-13-12(7-16-10)14(18-9-17-13)11-4-3-5-19(8-11)15(20)21-2;8-5-3-6(9)11-7-4(5)1-2-10-7/h5-6,9,12-14H,3-4,7-8,10-11H2,1-2H3,(H,24,27);9-11,16H,3-8H2,1-2H3;1-3H,(H,10,11)/t13-,14?;10-,11?;/m11./s1. The molecule has 10 heterocycles. The molecule has 0 spiro atoms. The van der Waals surface area contributed by atoms with Gasteiger partial charge in [-0.15, -0.1) is 0 Å². The summed E-state index contributed by atoms with van der Waals surface area (Å²) in [5, 5.41) is 6.54. The van der Waals surface area contributed by atoms with Crippen LogP contribution in [0.2, 0.25) is 10.3 Å². The van der Waals surface area contributed by atoms with Gasteiger partial charge in [0.2, 0.25) is 0 Å². The van der Waals surface area contributed by atoms with Crippen LogP contribution in [0.4, 0.5) is 15.3 Å². The van der Waals surface area contributed by atoms with Crippen LogP contribution in [0.5, 0.6) is 0 Å². The summed E-state index contributed by atoms with van der Waals surface area (Å²) in [5.41, 5.74) is 9.44. The van der Waals surface area contributed by atoms with E-state index in [4.69, 9.17) is 37.7 Å². The predicted octanol–water partition coefficient (Wildman–Crippen LogP) is 8.34. The lowest BCUT2D eigenvalue weighted by Gasteiger charge is -2.39. The Labute approximate surface area is 384 Å². The van der Waals surface area contributed by atoms with Gasteiger partial charge in [0.05, 0.1) is 42.7 Å². The van der Waals surface area contributed by atoms with Gasteiger partial charge in [-0.05, 0) is 79.7 Å². The van der Waals surface area contributed by atoms with Crippen LogP contribution in [0.15, 0.2) is 53.8 Å². The maximum Gasteiger partial charge on any atom is 0.409 e. The minimum atomic E-state index is -0.274. The molecule has 6 aromatic heterocycles. The van der Waals surface area contributed by atoms with Gasteiger partial charge in [-0.3, -0.25) is 0 Å². The van der Waals surface area contributed by atoms with E-state index in [0.29, 0.717) is 36.0 Å². The Bertz CT molecular complexity index is 2590. The van der Waals surface area contributed by atoms with Gasteiger partial charge in [0.15, 0.2) is 0 Å². The van der Waals surface area contributed by atoms with Crippen molar-refractivity contribution in [2.75, 3.05) is 45.3 Å². The highest BCUT2D eigenvalue weighted by Crippen LogP contribution is 2.38. The third kappa shape index (κ3) is 9.86. The smallest absolute Gasteiger partial charge is 0.409 e. The van der Waals surface area contributed by atoms with Gasteiger partial charge in [-0.1, -0.05) is 23.2 Å². The number of amides is 2. The molecule has 0 saturated carbocycles. The Morgan fingerprint density at radius 3 is 1.94 bits per heavy atom. The first-order valence-corrected chi connectivity index (χ1v) is 22.8. The number of piperidine rings is 2. The first kappa shape index (κ1) is 44.5. The molecule has 2 amide bonds. The van der Waals surface area contributed by atoms with Gasteiger partial charge in [0.25, 0.3) is 0 Å². The molecule has 4 atom stereocenters. The van der Waals surface area contributed by atoms with E-state index in [1.165, 1.54) is 19.8 Å². The predicted molar refractivity (Wildman–Crippen MR) is 245 cm³/mol. The van der Waals surface area contributed by atoms with Gasteiger partial charge in [-0.2, -0.15) is 0 Å². The second kappa shape index (κ2) is 19.7. The summed E-state index contributed by atoms with van der Waals surface area (Å²) in [6, 6.07) is 8.40. The summed E-state index contributed by atoms with van der Waals surface area (Å²) in [5.74, 6) is 0.456. The zero-order chi connectivity index (χ0) is 44.2. The first-order valence-electron chi connectivity index (χ1n) is 21.2. The Morgan fingerprint density at radius 1 is 0.762 bits per heavy atom. The Morgan fingerprint density at radius 2 is 1.32 bits per heavy atom. The van der Waals surface area contributed by atoms with Crippen LogP contribution in [0.1, 0.15) is 85.3 Å². The van der Waals surface area contributed by atoms with Gasteiger partial charge in [-0.25, -0.2) is 39.5 Å². The lowest BCUT2D eigenvalue weighted by atomic mass is 9.88. The number of carbonyl (C=O) groups is 2. The van der Waals surface area contributed by atoms with Crippen LogP contribution >= 0.6 is 39.1 Å². The molecule has 0 bridgehead atoms. The molecule has 10 rings (SSSR count). The lowest BCUT2D eigenvalue weighted by molar-refractivity contribution is 0.110. The summed E-state index contributed by atoms with van der Waals surface area (Å²) in [6.45, 7) is 8.69. The number of anilines is 1. The Balaban J connectivity index is 0.000000146. The lowest BCUT2D eigenvalue weighted by Crippen LogP contribution is -2.42. The fourth-order valence-electron chi connectivity index (χ4n) is 9.21. The quantitative estimate of drug-likeness (QED) is 0.144. The number of hydrogen-bond acceptors (Lipinski definition) is 12. The highest BCUT2D eigenvalue weighted by atomic mass is 79.9. The number of aromatic nitrogens is 8. The highest BCUT2D eigenvalue weighted by molar-refractivity contribution is 9.10. The van der Waals surface area contributed by atoms with Crippen molar-refractivity contribution in [2.24, 2.45) is 0 Å². The molecule has 16 nitrogen and oxygen atoms in total. The average Bonchev–Trinajstić information content (AvgIpc) is 3.98. The van der Waals surface area contributed by atoms with Crippen LogP contribution in [-0.2, 0) is 35.4 Å². The maximum absolute atomic E-state index is 12.1. The number of ether oxygens (including phenoxy) is 2. The summed E-state index contributed by atoms with van der Waals surface area (Å²) in [6.07, 6.45) is 12.3. The van der Waals surface area contributed by atoms with Crippen LogP contribution in [-0.4, -0.2) is 114 Å². The van der Waals surface area contributed by atoms with Crippen molar-refractivity contribution in [3.63, 3.8) is 0 Å². The molecular formula is C44H51BrCl2N12O4. The van der Waals surface area contributed by atoms with Crippen LogP contribution in [0.3, 0.4) is 0 Å². The Kier molecular flexibility index (Phi) is 13.9. The number of carbonyl (C=O) groups excluding carboxylic acids is 2. The fraction of sp³-hybridized carbons (Fsp3) is 0.455. The average molecular weight is 963 g/mol. The molecule has 332 valence electrons. The van der Waals surface area contributed by atoms with Gasteiger partial charge in [0, 0.05) is 115 Å². The largest absolute Gasteiger partial charge is 0.453 e. The number of pyridine rings is 2. The molecule has 0 aliphatic carbocycles. The monoisotopic (exact) mass is 960 g/mol. The van der Waals surface area contributed by atoms with Crippen molar-refractivity contribution in [3.8, 4) is 0 Å². The van der Waals surface area contributed by atoms with E-state index in [-0.39, 0.29) is 30.1 Å². The van der Waals surface area contributed by atoms with E-state index < -0.39 is 0 Å². The van der Waals surface area contributed by atoms with Gasteiger partial charge >= 0.3 is 12.2 Å². The summed E-state index contributed by atoms with van der Waals surface area (Å²) in [4.78, 5) is 62.6. The molecule has 4 aliphatic rings. The van der Waals surface area contributed by atoms with E-state index in [0.717, 1.165) is 119 Å². The van der Waals surface area contributed by atoms with Crippen molar-refractivity contribution in [2.45, 2.75) is 89.4 Å². The van der Waals surface area contributed by atoms with Crippen molar-refractivity contribution in [3.05, 3.63) is 98.0 Å². The van der Waals surface area contributed by atoms with Gasteiger partial charge in [0.1, 0.15) is 34.3 Å². The normalized spacial score (nSPS) is 20.8. The van der Waals surface area contributed by atoms with Crippen molar-refractivity contribution >= 4 is 79.1 Å². The molecule has 6 aromatic rings. The Hall–Kier alpha value is -5.10. The minimum absolute atomic E-state index is 0.174. The molecule has 2 fully saturated rings. The zero-order valence-electron chi connectivity index (χ0n) is 35.7. The maximum atomic E-state index is 12.1. The third-order valence-corrected chi connectivity index (χ3v) is 13.4. The number of hydrogen-bond donors (Lipinski definition) is 3. The van der Waals surface area contributed by atoms with Crippen molar-refractivity contribution < 1.29 is 19.1 Å². The number of likely N-dealkylation sites (tertiary alicyclic amines) is 2. The molecule has 2 saturated heterocycles. The molecule has 2 unspecified atom stereocenters. The van der Waals surface area contributed by atoms with Crippen LogP contribution in [0.25, 0.3) is 22.1 Å². The molecule has 3 N–H and O–H groups in total. The summed E-state index contributed by atoms with van der Waals surface area (Å²) >= 11 is 15.4. The number of methoxy groups -OCH3 is 2. The number of halogens is 3. The molecule has 0 aromatic carbocycles. The van der Waals surface area contributed by atoms with Crippen molar-refractivity contribution in [1.82, 2.24) is 55.0 Å². The minimum Gasteiger partial charge on any atom is -0.453 e. The number of nitrogens with one attached hydrogen (secondary N) is 3. The highest BCUT2D eigenvalue weighted by Gasteiger charge is 2.34. The zero-order valence-corrected chi connectivity index (χ0v) is 38.8. The third-order valence-electron chi connectivity index (χ3n) is 12.3. The number of fused-ring (bicyclic) bond motifs is 4. The summed E-state index contributed by atoms with van der Waals surface area (Å²) in [7, 11) is 2.86. The van der Waals surface area contributed by atoms with Crippen LogP contribution in [0, 0.1) is 0 Å². The number of H-pyrrole nitrogens is 2. The molecule has 4 aliphatic heterocycles. The van der Waals surface area contributed by atoms with E-state index in [9.17, 15) is 9.59 Å². The van der Waals surface area contributed by atoms with E-state index in [1.54, 1.807) is 28.5 Å². The first-order chi connectivity index (χ1) is 30.5.